The number of benzene rings is 1. The Kier molecular flexibility index (Phi) is 11.2. The van der Waals surface area contributed by atoms with E-state index in [1.165, 1.54) is 12.1 Å². The molecule has 170 valence electrons. The lowest BCUT2D eigenvalue weighted by Gasteiger charge is -2.37. The van der Waals surface area contributed by atoms with E-state index in [1.54, 1.807) is 13.2 Å². The van der Waals surface area contributed by atoms with Crippen LogP contribution in [0.2, 0.25) is 0 Å². The molecular weight excluding hydrogens is 514 g/mol. The number of hydrogen-bond donors (Lipinski definition) is 2. The first-order valence-corrected chi connectivity index (χ1v) is 9.56. The number of anilines is 1. The zero-order valence-corrected chi connectivity index (χ0v) is 19.5. The van der Waals surface area contributed by atoms with Gasteiger partial charge in [-0.05, 0) is 25.1 Å². The van der Waals surface area contributed by atoms with Crippen molar-refractivity contribution in [3.05, 3.63) is 29.8 Å². The van der Waals surface area contributed by atoms with Crippen LogP contribution < -0.4 is 15.5 Å². The number of halogens is 4. The lowest BCUT2D eigenvalue weighted by Crippen LogP contribution is -2.52. The standard InChI is InChI=1S/C19H28F3N5O2.HI/c1-3-23-18(25-14-17(28)24-7-12-29-2)27-10-8-26(9-11-27)16-6-4-5-15(13-16)19(20,21)22;/h4-6,13H,3,7-12,14H2,1-2H3,(H,23,25)(H,24,28);1H. The Labute approximate surface area is 192 Å². The third-order valence-corrected chi connectivity index (χ3v) is 4.45. The Morgan fingerprint density at radius 1 is 1.20 bits per heavy atom. The van der Waals surface area contributed by atoms with E-state index in [-0.39, 0.29) is 36.4 Å². The smallest absolute Gasteiger partial charge is 0.383 e. The van der Waals surface area contributed by atoms with Crippen LogP contribution in [0.15, 0.2) is 29.3 Å². The van der Waals surface area contributed by atoms with Crippen LogP contribution in [0.4, 0.5) is 18.9 Å². The van der Waals surface area contributed by atoms with Gasteiger partial charge in [-0.15, -0.1) is 24.0 Å². The molecule has 0 aliphatic carbocycles. The van der Waals surface area contributed by atoms with E-state index in [1.807, 2.05) is 16.7 Å². The van der Waals surface area contributed by atoms with Crippen LogP contribution in [0.3, 0.4) is 0 Å². The molecule has 1 aromatic rings. The first-order chi connectivity index (χ1) is 13.8. The van der Waals surface area contributed by atoms with Crippen LogP contribution in [0.5, 0.6) is 0 Å². The summed E-state index contributed by atoms with van der Waals surface area (Å²) in [4.78, 5) is 20.1. The van der Waals surface area contributed by atoms with Crippen molar-refractivity contribution in [2.75, 3.05) is 64.4 Å². The Bertz CT molecular complexity index is 695. The summed E-state index contributed by atoms with van der Waals surface area (Å²) in [6.07, 6.45) is -4.35. The van der Waals surface area contributed by atoms with E-state index in [2.05, 4.69) is 15.6 Å². The van der Waals surface area contributed by atoms with E-state index in [0.717, 1.165) is 6.07 Å². The number of guanidine groups is 1. The molecule has 0 aromatic heterocycles. The first-order valence-electron chi connectivity index (χ1n) is 9.56. The van der Waals surface area contributed by atoms with Crippen molar-refractivity contribution in [2.45, 2.75) is 13.1 Å². The average Bonchev–Trinajstić information content (AvgIpc) is 2.71. The number of nitrogens with one attached hydrogen (secondary N) is 2. The van der Waals surface area contributed by atoms with Gasteiger partial charge < -0.3 is 25.2 Å². The van der Waals surface area contributed by atoms with Gasteiger partial charge in [-0.1, -0.05) is 6.07 Å². The molecule has 30 heavy (non-hydrogen) atoms. The first kappa shape index (κ1) is 26.3. The van der Waals surface area contributed by atoms with Crippen LogP contribution in [-0.2, 0) is 15.7 Å². The maximum atomic E-state index is 12.9. The fourth-order valence-corrected chi connectivity index (χ4v) is 2.98. The van der Waals surface area contributed by atoms with Crippen molar-refractivity contribution in [3.8, 4) is 0 Å². The fraction of sp³-hybridized carbons (Fsp3) is 0.579. The van der Waals surface area contributed by atoms with Gasteiger partial charge in [0, 0.05) is 52.1 Å². The Morgan fingerprint density at radius 3 is 2.50 bits per heavy atom. The molecule has 0 radical (unpaired) electrons. The van der Waals surface area contributed by atoms with Gasteiger partial charge in [-0.3, -0.25) is 4.79 Å². The normalized spacial score (nSPS) is 14.9. The van der Waals surface area contributed by atoms with Crippen molar-refractivity contribution < 1.29 is 22.7 Å². The summed E-state index contributed by atoms with van der Waals surface area (Å²) in [7, 11) is 1.56. The monoisotopic (exact) mass is 543 g/mol. The van der Waals surface area contributed by atoms with Crippen molar-refractivity contribution in [2.24, 2.45) is 4.99 Å². The average molecular weight is 543 g/mol. The Morgan fingerprint density at radius 2 is 1.90 bits per heavy atom. The van der Waals surface area contributed by atoms with Crippen LogP contribution in [-0.4, -0.2) is 76.3 Å². The molecule has 11 heteroatoms. The summed E-state index contributed by atoms with van der Waals surface area (Å²) >= 11 is 0. The molecule has 1 fully saturated rings. The van der Waals surface area contributed by atoms with Gasteiger partial charge in [-0.25, -0.2) is 4.99 Å². The number of nitrogens with zero attached hydrogens (tertiary/aromatic N) is 3. The highest BCUT2D eigenvalue weighted by Crippen LogP contribution is 2.31. The summed E-state index contributed by atoms with van der Waals surface area (Å²) < 4.78 is 43.7. The van der Waals surface area contributed by atoms with Gasteiger partial charge in [0.15, 0.2) is 5.96 Å². The highest BCUT2D eigenvalue weighted by atomic mass is 127. The van der Waals surface area contributed by atoms with Gasteiger partial charge in [0.1, 0.15) is 6.54 Å². The molecule has 7 nitrogen and oxygen atoms in total. The maximum Gasteiger partial charge on any atom is 0.416 e. The van der Waals surface area contributed by atoms with Crippen LogP contribution >= 0.6 is 24.0 Å². The summed E-state index contributed by atoms with van der Waals surface area (Å²) in [5.41, 5.74) is -0.0919. The zero-order valence-electron chi connectivity index (χ0n) is 17.2. The molecule has 0 bridgehead atoms. The molecule has 1 aliphatic rings. The number of amides is 1. The molecule has 0 saturated carbocycles. The van der Waals surface area contributed by atoms with Gasteiger partial charge in [0.2, 0.25) is 5.91 Å². The van der Waals surface area contributed by atoms with Gasteiger partial charge in [0.25, 0.3) is 0 Å². The minimum atomic E-state index is -4.35. The third-order valence-electron chi connectivity index (χ3n) is 4.45. The molecule has 2 rings (SSSR count). The summed E-state index contributed by atoms with van der Waals surface area (Å²) in [5, 5.41) is 5.88. The maximum absolute atomic E-state index is 12.9. The Hall–Kier alpha value is -1.76. The van der Waals surface area contributed by atoms with Gasteiger partial charge in [0.05, 0.1) is 12.2 Å². The van der Waals surface area contributed by atoms with Crippen LogP contribution in [0, 0.1) is 0 Å². The van der Waals surface area contributed by atoms with Crippen molar-refractivity contribution in [3.63, 3.8) is 0 Å². The highest BCUT2D eigenvalue weighted by Gasteiger charge is 2.31. The largest absolute Gasteiger partial charge is 0.416 e. The predicted octanol–water partition coefficient (Wildman–Crippen LogP) is 2.17. The Balaban J connectivity index is 0.00000450. The SMILES string of the molecule is CCNC(=NCC(=O)NCCOC)N1CCN(c2cccc(C(F)(F)F)c2)CC1.I. The van der Waals surface area contributed by atoms with E-state index in [0.29, 0.717) is 57.5 Å². The van der Waals surface area contributed by atoms with E-state index in [9.17, 15) is 18.0 Å². The van der Waals surface area contributed by atoms with E-state index < -0.39 is 11.7 Å². The number of piperazine rings is 1. The lowest BCUT2D eigenvalue weighted by atomic mass is 10.1. The molecule has 1 aliphatic heterocycles. The number of hydrogen-bond acceptors (Lipinski definition) is 4. The molecule has 1 aromatic carbocycles. The molecule has 0 unspecified atom stereocenters. The second-order valence-corrected chi connectivity index (χ2v) is 6.54. The second-order valence-electron chi connectivity index (χ2n) is 6.54. The second kappa shape index (κ2) is 12.8. The minimum Gasteiger partial charge on any atom is -0.383 e. The van der Waals surface area contributed by atoms with E-state index >= 15 is 0 Å². The molecule has 1 amide bonds. The summed E-state index contributed by atoms with van der Waals surface area (Å²) in [6.45, 7) is 5.76. The molecule has 1 saturated heterocycles. The number of aliphatic imine (C=N–C) groups is 1. The van der Waals surface area contributed by atoms with Crippen molar-refractivity contribution >= 4 is 41.5 Å². The topological polar surface area (TPSA) is 69.2 Å². The molecule has 0 atom stereocenters. The molecule has 1 heterocycles. The summed E-state index contributed by atoms with van der Waals surface area (Å²) in [5.74, 6) is 0.429. The van der Waals surface area contributed by atoms with E-state index in [4.69, 9.17) is 4.74 Å². The van der Waals surface area contributed by atoms with Gasteiger partial charge >= 0.3 is 6.18 Å². The van der Waals surface area contributed by atoms with Crippen LogP contribution in [0.1, 0.15) is 12.5 Å². The zero-order chi connectivity index (χ0) is 21.3. The minimum absolute atomic E-state index is 0. The van der Waals surface area contributed by atoms with Crippen molar-refractivity contribution in [1.29, 1.82) is 0 Å². The quantitative estimate of drug-likeness (QED) is 0.239. The highest BCUT2D eigenvalue weighted by molar-refractivity contribution is 14.0. The van der Waals surface area contributed by atoms with Crippen molar-refractivity contribution in [1.82, 2.24) is 15.5 Å². The number of rotatable bonds is 7. The third kappa shape index (κ3) is 8.17. The molecule has 2 N–H and O–H groups in total. The number of alkyl halides is 3. The lowest BCUT2D eigenvalue weighted by molar-refractivity contribution is -0.137. The molecule has 0 spiro atoms. The van der Waals surface area contributed by atoms with Crippen LogP contribution in [0.25, 0.3) is 0 Å². The fourth-order valence-electron chi connectivity index (χ4n) is 2.98. The van der Waals surface area contributed by atoms with Gasteiger partial charge in [-0.2, -0.15) is 13.2 Å². The predicted molar refractivity (Wildman–Crippen MR) is 122 cm³/mol. The number of carbonyl (C=O) groups is 1. The number of carbonyl (C=O) groups excluding carboxylic acids is 1. The number of methoxy groups -OCH3 is 1. The summed E-state index contributed by atoms with van der Waals surface area (Å²) in [6, 6.07) is 5.37. The molecular formula is C19H29F3IN5O2. The number of ether oxygens (including phenoxy) is 1.